The molecule has 1 aliphatic carbocycles. The summed E-state index contributed by atoms with van der Waals surface area (Å²) >= 11 is 8.21. The van der Waals surface area contributed by atoms with Crippen LogP contribution in [0.25, 0.3) is 11.0 Å². The molecule has 2 aromatic rings. The van der Waals surface area contributed by atoms with Gasteiger partial charge in [0.25, 0.3) is 0 Å². The van der Waals surface area contributed by atoms with Crippen LogP contribution < -0.4 is 0 Å². The summed E-state index contributed by atoms with van der Waals surface area (Å²) in [6, 6.07) is 7.97. The van der Waals surface area contributed by atoms with Crippen molar-refractivity contribution < 1.29 is 0 Å². The first kappa shape index (κ1) is 13.8. The Morgan fingerprint density at radius 2 is 2.30 bits per heavy atom. The van der Waals surface area contributed by atoms with Crippen molar-refractivity contribution in [1.82, 2.24) is 9.55 Å². The second-order valence-corrected chi connectivity index (χ2v) is 7.27. The molecule has 1 saturated carbocycles. The average Bonchev–Trinajstić information content (AvgIpc) is 3.13. The minimum absolute atomic E-state index is 0.161. The molecule has 5 heteroatoms. The van der Waals surface area contributed by atoms with Gasteiger partial charge in [-0.25, -0.2) is 4.98 Å². The number of hydrogen-bond acceptors (Lipinski definition) is 3. The molecule has 3 nitrogen and oxygen atoms in total. The predicted octanol–water partition coefficient (Wildman–Crippen LogP) is 4.10. The predicted molar refractivity (Wildman–Crippen MR) is 84.2 cm³/mol. The molecule has 1 aliphatic rings. The fourth-order valence-electron chi connectivity index (χ4n) is 2.58. The second-order valence-electron chi connectivity index (χ2n) is 5.34. The van der Waals surface area contributed by atoms with E-state index in [2.05, 4.69) is 21.9 Å². The Morgan fingerprint density at radius 3 is 2.85 bits per heavy atom. The quantitative estimate of drug-likeness (QED) is 0.798. The van der Waals surface area contributed by atoms with Gasteiger partial charge >= 0.3 is 0 Å². The van der Waals surface area contributed by atoms with Crippen molar-refractivity contribution in [2.45, 2.75) is 36.4 Å². The minimum Gasteiger partial charge on any atom is -0.325 e. The third-order valence-corrected chi connectivity index (χ3v) is 5.57. The van der Waals surface area contributed by atoms with Gasteiger partial charge in [0.05, 0.1) is 16.5 Å². The van der Waals surface area contributed by atoms with Crippen LogP contribution >= 0.6 is 23.4 Å². The summed E-state index contributed by atoms with van der Waals surface area (Å²) < 4.78 is 2.54. The summed E-state index contributed by atoms with van der Waals surface area (Å²) in [6.45, 7) is 2.86. The summed E-state index contributed by atoms with van der Waals surface area (Å²) in [4.78, 5) is 4.63. The van der Waals surface area contributed by atoms with Crippen LogP contribution in [0.3, 0.4) is 0 Å². The lowest BCUT2D eigenvalue weighted by Gasteiger charge is -2.17. The average molecular weight is 306 g/mol. The number of hydrogen-bond donors (Lipinski definition) is 0. The Kier molecular flexibility index (Phi) is 3.43. The molecular weight excluding hydrogens is 290 g/mol. The molecule has 1 atom stereocenters. The molecule has 0 amide bonds. The number of benzene rings is 1. The fourth-order valence-corrected chi connectivity index (χ4v) is 3.51. The van der Waals surface area contributed by atoms with Crippen molar-refractivity contribution >= 4 is 34.4 Å². The molecule has 1 unspecified atom stereocenters. The number of aromatic nitrogens is 2. The number of alkyl halides is 1. The third-order valence-electron chi connectivity index (χ3n) is 3.97. The van der Waals surface area contributed by atoms with Crippen LogP contribution in [-0.4, -0.2) is 20.6 Å². The Hall–Kier alpha value is -1.18. The number of imidazole rings is 1. The third kappa shape index (κ3) is 2.19. The summed E-state index contributed by atoms with van der Waals surface area (Å²) in [5, 5.41) is 9.07. The summed E-state index contributed by atoms with van der Waals surface area (Å²) in [5.74, 6) is 0.865. The summed E-state index contributed by atoms with van der Waals surface area (Å²) in [7, 11) is 0. The van der Waals surface area contributed by atoms with E-state index in [1.165, 1.54) is 12.8 Å². The van der Waals surface area contributed by atoms with Crippen molar-refractivity contribution in [3.8, 4) is 6.07 Å². The van der Waals surface area contributed by atoms with Crippen LogP contribution in [-0.2, 0) is 6.54 Å². The number of rotatable bonds is 4. The molecule has 1 aromatic heterocycles. The molecule has 0 saturated heterocycles. The number of nitriles is 1. The maximum absolute atomic E-state index is 9.23. The van der Waals surface area contributed by atoms with Crippen LogP contribution in [0.1, 0.15) is 36.5 Å². The first-order chi connectivity index (χ1) is 9.60. The van der Waals surface area contributed by atoms with Gasteiger partial charge in [-0.15, -0.1) is 11.6 Å². The normalized spacial score (nSPS) is 17.9. The van der Waals surface area contributed by atoms with E-state index < -0.39 is 0 Å². The first-order valence-corrected chi connectivity index (χ1v) is 8.35. The molecule has 104 valence electrons. The number of thioether (sulfide) groups is 1. The lowest BCUT2D eigenvalue weighted by Crippen LogP contribution is -2.16. The molecule has 0 spiro atoms. The zero-order valence-corrected chi connectivity index (χ0v) is 13.1. The van der Waals surface area contributed by atoms with E-state index in [4.69, 9.17) is 11.6 Å². The van der Waals surface area contributed by atoms with E-state index in [0.717, 1.165) is 23.4 Å². The van der Waals surface area contributed by atoms with Crippen molar-refractivity contribution in [2.75, 3.05) is 6.26 Å². The Balaban J connectivity index is 2.18. The van der Waals surface area contributed by atoms with E-state index in [1.807, 2.05) is 36.9 Å². The van der Waals surface area contributed by atoms with Gasteiger partial charge in [0.1, 0.15) is 17.4 Å². The summed E-state index contributed by atoms with van der Waals surface area (Å²) in [6.07, 6.45) is 4.64. The number of halogens is 1. The maximum Gasteiger partial charge on any atom is 0.127 e. The monoisotopic (exact) mass is 305 g/mol. The van der Waals surface area contributed by atoms with E-state index in [0.29, 0.717) is 10.3 Å². The van der Waals surface area contributed by atoms with Gasteiger partial charge < -0.3 is 4.57 Å². The number of fused-ring (bicyclic) bond motifs is 1. The molecule has 0 aliphatic heterocycles. The summed E-state index contributed by atoms with van der Waals surface area (Å²) in [5.41, 5.74) is 2.41. The van der Waals surface area contributed by atoms with Crippen LogP contribution in [0.5, 0.6) is 0 Å². The Bertz CT molecular complexity index is 695. The van der Waals surface area contributed by atoms with Crippen LogP contribution in [0.15, 0.2) is 18.2 Å². The van der Waals surface area contributed by atoms with Gasteiger partial charge in [-0.05, 0) is 38.2 Å². The van der Waals surface area contributed by atoms with E-state index in [9.17, 15) is 5.26 Å². The van der Waals surface area contributed by atoms with Crippen molar-refractivity contribution in [1.29, 1.82) is 5.26 Å². The molecule has 0 bridgehead atoms. The Morgan fingerprint density at radius 1 is 1.55 bits per heavy atom. The van der Waals surface area contributed by atoms with E-state index >= 15 is 0 Å². The van der Waals surface area contributed by atoms with Crippen molar-refractivity contribution in [3.63, 3.8) is 0 Å². The van der Waals surface area contributed by atoms with E-state index in [1.54, 1.807) is 0 Å². The lowest BCUT2D eigenvalue weighted by molar-refractivity contribution is 0.639. The van der Waals surface area contributed by atoms with Crippen molar-refractivity contribution in [2.24, 2.45) is 0 Å². The number of para-hydroxylation sites is 1. The molecule has 1 fully saturated rings. The standard InChI is InChI=1S/C15H16ClN3S/c1-10(16)14-18-13-11(8-17)4-3-5-12(13)19(14)9-15(20-2)6-7-15/h3-5,10H,6-7,9H2,1-2H3. The van der Waals surface area contributed by atoms with Gasteiger partial charge in [0.2, 0.25) is 0 Å². The molecule has 0 radical (unpaired) electrons. The fraction of sp³-hybridized carbons (Fsp3) is 0.467. The smallest absolute Gasteiger partial charge is 0.127 e. The van der Waals surface area contributed by atoms with Gasteiger partial charge in [0.15, 0.2) is 0 Å². The molecule has 0 N–H and O–H groups in total. The minimum atomic E-state index is -0.161. The topological polar surface area (TPSA) is 41.6 Å². The molecule has 1 aromatic carbocycles. The zero-order valence-electron chi connectivity index (χ0n) is 11.6. The van der Waals surface area contributed by atoms with Gasteiger partial charge in [-0.3, -0.25) is 0 Å². The molecular formula is C15H16ClN3S. The van der Waals surface area contributed by atoms with Gasteiger partial charge in [-0.1, -0.05) is 6.07 Å². The van der Waals surface area contributed by atoms with Crippen LogP contribution in [0.2, 0.25) is 0 Å². The molecule has 1 heterocycles. The molecule has 3 rings (SSSR count). The first-order valence-electron chi connectivity index (χ1n) is 6.69. The van der Waals surface area contributed by atoms with Gasteiger partial charge in [-0.2, -0.15) is 17.0 Å². The lowest BCUT2D eigenvalue weighted by atomic mass is 10.2. The number of nitrogens with zero attached hydrogens (tertiary/aromatic N) is 3. The maximum atomic E-state index is 9.23. The van der Waals surface area contributed by atoms with Crippen LogP contribution in [0.4, 0.5) is 0 Å². The molecule has 20 heavy (non-hydrogen) atoms. The Labute approximate surface area is 127 Å². The van der Waals surface area contributed by atoms with Crippen molar-refractivity contribution in [3.05, 3.63) is 29.6 Å². The highest BCUT2D eigenvalue weighted by molar-refractivity contribution is 8.00. The highest BCUT2D eigenvalue weighted by Crippen LogP contribution is 2.49. The van der Waals surface area contributed by atoms with Crippen LogP contribution in [0, 0.1) is 11.3 Å². The second kappa shape index (κ2) is 4.98. The highest BCUT2D eigenvalue weighted by Gasteiger charge is 2.43. The van der Waals surface area contributed by atoms with Gasteiger partial charge in [0, 0.05) is 11.3 Å². The SMILES string of the molecule is CSC1(Cn2c(C(C)Cl)nc3c(C#N)cccc32)CC1. The highest BCUT2D eigenvalue weighted by atomic mass is 35.5. The van der Waals surface area contributed by atoms with E-state index in [-0.39, 0.29) is 5.38 Å². The zero-order chi connectivity index (χ0) is 14.3. The largest absolute Gasteiger partial charge is 0.325 e.